The van der Waals surface area contributed by atoms with Crippen LogP contribution >= 0.6 is 11.8 Å². The maximum absolute atomic E-state index is 11.6. The molecule has 0 aliphatic carbocycles. The monoisotopic (exact) mass is 272 g/mol. The SMILES string of the molecule is CCOC(=O)N1CCC(NCC2CCCS2)CC1. The van der Waals surface area contributed by atoms with Crippen LogP contribution in [-0.2, 0) is 4.74 Å². The van der Waals surface area contributed by atoms with E-state index in [-0.39, 0.29) is 6.09 Å². The molecule has 1 N–H and O–H groups in total. The molecular weight excluding hydrogens is 248 g/mol. The van der Waals surface area contributed by atoms with Crippen LogP contribution in [0.15, 0.2) is 0 Å². The van der Waals surface area contributed by atoms with Crippen LogP contribution in [0, 0.1) is 0 Å². The summed E-state index contributed by atoms with van der Waals surface area (Å²) in [5.74, 6) is 1.33. The Labute approximate surface area is 114 Å². The van der Waals surface area contributed by atoms with Crippen LogP contribution in [-0.4, -0.2) is 54.3 Å². The zero-order chi connectivity index (χ0) is 12.8. The predicted octanol–water partition coefficient (Wildman–Crippen LogP) is 2.09. The van der Waals surface area contributed by atoms with Crippen molar-refractivity contribution in [2.75, 3.05) is 32.0 Å². The second-order valence-corrected chi connectivity index (χ2v) is 6.41. The Morgan fingerprint density at radius 2 is 2.17 bits per heavy atom. The summed E-state index contributed by atoms with van der Waals surface area (Å²) in [6.07, 6.45) is 4.69. The normalized spacial score (nSPS) is 25.4. The first kappa shape index (κ1) is 14.0. The molecule has 18 heavy (non-hydrogen) atoms. The molecule has 5 heteroatoms. The summed E-state index contributed by atoms with van der Waals surface area (Å²) in [6.45, 7) is 5.11. The van der Waals surface area contributed by atoms with Gasteiger partial charge in [-0.05, 0) is 38.4 Å². The average molecular weight is 272 g/mol. The minimum absolute atomic E-state index is 0.151. The van der Waals surface area contributed by atoms with Gasteiger partial charge in [0.2, 0.25) is 0 Å². The molecule has 2 heterocycles. The summed E-state index contributed by atoms with van der Waals surface area (Å²) in [7, 11) is 0. The maximum atomic E-state index is 11.6. The van der Waals surface area contributed by atoms with E-state index < -0.39 is 0 Å². The number of carbonyl (C=O) groups is 1. The number of piperidine rings is 1. The van der Waals surface area contributed by atoms with Crippen LogP contribution in [0.25, 0.3) is 0 Å². The Morgan fingerprint density at radius 3 is 2.78 bits per heavy atom. The lowest BCUT2D eigenvalue weighted by molar-refractivity contribution is 0.0951. The molecule has 1 amide bonds. The van der Waals surface area contributed by atoms with Gasteiger partial charge in [0.1, 0.15) is 0 Å². The lowest BCUT2D eigenvalue weighted by atomic mass is 10.1. The van der Waals surface area contributed by atoms with Gasteiger partial charge in [0, 0.05) is 30.9 Å². The van der Waals surface area contributed by atoms with Crippen LogP contribution in [0.1, 0.15) is 32.6 Å². The number of amides is 1. The maximum Gasteiger partial charge on any atom is 0.409 e. The Balaban J connectivity index is 1.62. The van der Waals surface area contributed by atoms with Crippen molar-refractivity contribution in [1.82, 2.24) is 10.2 Å². The Bertz CT molecular complexity index is 262. The molecule has 0 aromatic rings. The van der Waals surface area contributed by atoms with Gasteiger partial charge in [0.05, 0.1) is 6.61 Å². The summed E-state index contributed by atoms with van der Waals surface area (Å²) in [6, 6.07) is 0.580. The molecule has 2 aliphatic heterocycles. The average Bonchev–Trinajstić information content (AvgIpc) is 2.90. The molecule has 0 aromatic carbocycles. The number of rotatable bonds is 4. The number of carbonyl (C=O) groups excluding carboxylic acids is 1. The predicted molar refractivity (Wildman–Crippen MR) is 75.1 cm³/mol. The summed E-state index contributed by atoms with van der Waals surface area (Å²) in [5.41, 5.74) is 0. The van der Waals surface area contributed by atoms with Crippen molar-refractivity contribution in [2.24, 2.45) is 0 Å². The fourth-order valence-corrected chi connectivity index (χ4v) is 3.80. The van der Waals surface area contributed by atoms with Crippen molar-refractivity contribution in [3.8, 4) is 0 Å². The standard InChI is InChI=1S/C13H24N2O2S/c1-2-17-13(16)15-7-5-11(6-8-15)14-10-12-4-3-9-18-12/h11-12,14H,2-10H2,1H3. The zero-order valence-electron chi connectivity index (χ0n) is 11.2. The van der Waals surface area contributed by atoms with Crippen LogP contribution in [0.2, 0.25) is 0 Å². The third-order valence-corrected chi connectivity index (χ3v) is 5.08. The Morgan fingerprint density at radius 1 is 1.39 bits per heavy atom. The molecule has 2 fully saturated rings. The number of nitrogens with one attached hydrogen (secondary N) is 1. The van der Waals surface area contributed by atoms with E-state index in [9.17, 15) is 4.79 Å². The van der Waals surface area contributed by atoms with Gasteiger partial charge < -0.3 is 15.0 Å². The lowest BCUT2D eigenvalue weighted by Crippen LogP contribution is -2.46. The third-order valence-electron chi connectivity index (χ3n) is 3.68. The number of ether oxygens (including phenoxy) is 1. The molecule has 1 atom stereocenters. The van der Waals surface area contributed by atoms with Crippen LogP contribution < -0.4 is 5.32 Å². The summed E-state index contributed by atoms with van der Waals surface area (Å²) >= 11 is 2.10. The molecule has 2 saturated heterocycles. The third kappa shape index (κ3) is 4.05. The number of hydrogen-bond acceptors (Lipinski definition) is 4. The second-order valence-electron chi connectivity index (χ2n) is 5.00. The topological polar surface area (TPSA) is 41.6 Å². The van der Waals surface area contributed by atoms with Gasteiger partial charge in [-0.3, -0.25) is 0 Å². The molecule has 2 aliphatic rings. The molecule has 2 rings (SSSR count). The molecule has 0 bridgehead atoms. The smallest absolute Gasteiger partial charge is 0.409 e. The van der Waals surface area contributed by atoms with Crippen molar-refractivity contribution in [2.45, 2.75) is 43.9 Å². The Kier molecular flexibility index (Phi) is 5.63. The van der Waals surface area contributed by atoms with Gasteiger partial charge >= 0.3 is 6.09 Å². The van der Waals surface area contributed by atoms with Crippen molar-refractivity contribution < 1.29 is 9.53 Å². The number of thioether (sulfide) groups is 1. The first-order valence-electron chi connectivity index (χ1n) is 7.06. The minimum atomic E-state index is -0.151. The quantitative estimate of drug-likeness (QED) is 0.851. The van der Waals surface area contributed by atoms with E-state index in [0.29, 0.717) is 12.6 Å². The molecule has 0 saturated carbocycles. The zero-order valence-corrected chi connectivity index (χ0v) is 12.0. The molecule has 1 unspecified atom stereocenters. The van der Waals surface area contributed by atoms with Crippen LogP contribution in [0.5, 0.6) is 0 Å². The first-order chi connectivity index (χ1) is 8.79. The molecule has 104 valence electrons. The van der Waals surface area contributed by atoms with Gasteiger partial charge in [0.15, 0.2) is 0 Å². The number of likely N-dealkylation sites (tertiary alicyclic amines) is 1. The van der Waals surface area contributed by atoms with E-state index in [1.807, 2.05) is 11.8 Å². The lowest BCUT2D eigenvalue weighted by Gasteiger charge is -2.32. The fourth-order valence-electron chi connectivity index (χ4n) is 2.58. The molecular formula is C13H24N2O2S. The Hall–Kier alpha value is -0.420. The molecule has 0 spiro atoms. The highest BCUT2D eigenvalue weighted by Gasteiger charge is 2.24. The number of nitrogens with zero attached hydrogens (tertiary/aromatic N) is 1. The fraction of sp³-hybridized carbons (Fsp3) is 0.923. The number of hydrogen-bond donors (Lipinski definition) is 1. The molecule has 0 aromatic heterocycles. The van der Waals surface area contributed by atoms with Gasteiger partial charge in [-0.15, -0.1) is 0 Å². The van der Waals surface area contributed by atoms with E-state index in [4.69, 9.17) is 4.74 Å². The van der Waals surface area contributed by atoms with Crippen molar-refractivity contribution in [3.05, 3.63) is 0 Å². The second kappa shape index (κ2) is 7.24. The summed E-state index contributed by atoms with van der Waals surface area (Å²) in [4.78, 5) is 13.4. The van der Waals surface area contributed by atoms with Gasteiger partial charge in [-0.2, -0.15) is 11.8 Å². The minimum Gasteiger partial charge on any atom is -0.450 e. The molecule has 4 nitrogen and oxygen atoms in total. The van der Waals surface area contributed by atoms with Gasteiger partial charge in [-0.1, -0.05) is 0 Å². The van der Waals surface area contributed by atoms with Crippen molar-refractivity contribution in [1.29, 1.82) is 0 Å². The van der Waals surface area contributed by atoms with E-state index in [2.05, 4.69) is 17.1 Å². The van der Waals surface area contributed by atoms with E-state index >= 15 is 0 Å². The van der Waals surface area contributed by atoms with E-state index in [1.165, 1.54) is 18.6 Å². The highest BCUT2D eigenvalue weighted by molar-refractivity contribution is 8.00. The summed E-state index contributed by atoms with van der Waals surface area (Å²) < 4.78 is 5.02. The van der Waals surface area contributed by atoms with Crippen LogP contribution in [0.4, 0.5) is 4.79 Å². The highest BCUT2D eigenvalue weighted by Crippen LogP contribution is 2.25. The van der Waals surface area contributed by atoms with Crippen molar-refractivity contribution in [3.63, 3.8) is 0 Å². The van der Waals surface area contributed by atoms with E-state index in [1.54, 1.807) is 0 Å². The summed E-state index contributed by atoms with van der Waals surface area (Å²) in [5, 5.41) is 4.47. The van der Waals surface area contributed by atoms with Gasteiger partial charge in [-0.25, -0.2) is 4.79 Å². The first-order valence-corrected chi connectivity index (χ1v) is 8.11. The van der Waals surface area contributed by atoms with Crippen LogP contribution in [0.3, 0.4) is 0 Å². The van der Waals surface area contributed by atoms with Gasteiger partial charge in [0.25, 0.3) is 0 Å². The molecule has 0 radical (unpaired) electrons. The highest BCUT2D eigenvalue weighted by atomic mass is 32.2. The largest absolute Gasteiger partial charge is 0.450 e. The van der Waals surface area contributed by atoms with E-state index in [0.717, 1.165) is 37.7 Å². The van der Waals surface area contributed by atoms with Crippen molar-refractivity contribution >= 4 is 17.9 Å².